The van der Waals surface area contributed by atoms with Crippen LogP contribution in [0.5, 0.6) is 0 Å². The molecule has 8 aromatic rings. The molecule has 1 atom stereocenters. The molecule has 17 heteroatoms. The van der Waals surface area contributed by atoms with Gasteiger partial charge in [0.25, 0.3) is 0 Å². The third-order valence-corrected chi connectivity index (χ3v) is 15.8. The van der Waals surface area contributed by atoms with Gasteiger partial charge < -0.3 is 43.8 Å². The molecule has 0 spiro atoms. The molecule has 5 aromatic heterocycles. The number of nitrogens with zero attached hydrogens (tertiary/aromatic N) is 8. The number of piperidine rings is 2. The summed E-state index contributed by atoms with van der Waals surface area (Å²) in [7, 11) is 0. The number of ether oxygens (including phenoxy) is 2. The smallest absolute Gasteiger partial charge is 0.408 e. The van der Waals surface area contributed by atoms with Crippen molar-refractivity contribution in [2.45, 2.75) is 120 Å². The number of aromatic nitrogens is 7. The van der Waals surface area contributed by atoms with Crippen LogP contribution >= 0.6 is 31.9 Å². The molecule has 3 aromatic carbocycles. The number of carbonyl (C=O) groups excluding carboxylic acids is 2. The van der Waals surface area contributed by atoms with Gasteiger partial charge in [-0.15, -0.1) is 0 Å². The molecule has 2 fully saturated rings. The van der Waals surface area contributed by atoms with Gasteiger partial charge in [0.2, 0.25) is 0 Å². The molecule has 0 bridgehead atoms. The Morgan fingerprint density at radius 3 is 1.64 bits per heavy atom. The number of benzene rings is 3. The Labute approximate surface area is 468 Å². The van der Waals surface area contributed by atoms with E-state index in [2.05, 4.69) is 139 Å². The van der Waals surface area contributed by atoms with Crippen molar-refractivity contribution in [1.82, 2.24) is 39.4 Å². The maximum absolute atomic E-state index is 13.5. The van der Waals surface area contributed by atoms with Crippen LogP contribution in [-0.4, -0.2) is 102 Å². The van der Waals surface area contributed by atoms with Crippen LogP contribution in [0.4, 0.5) is 16.4 Å². The van der Waals surface area contributed by atoms with Crippen LogP contribution in [0.15, 0.2) is 76.1 Å². The average molecular weight is 1170 g/mol. The molecule has 0 radical (unpaired) electrons. The van der Waals surface area contributed by atoms with E-state index in [1.54, 1.807) is 20.8 Å². The van der Waals surface area contributed by atoms with E-state index in [-0.39, 0.29) is 25.6 Å². The topological polar surface area (TPSA) is 169 Å². The fraction of sp³-hybridized carbons (Fsp3) is 0.433. The summed E-state index contributed by atoms with van der Waals surface area (Å²) in [5.74, 6) is 3.62. The summed E-state index contributed by atoms with van der Waals surface area (Å²) < 4.78 is 18.0. The number of fused-ring (bicyclic) bond motifs is 3. The Kier molecular flexibility index (Phi) is 16.5. The molecule has 10 rings (SSSR count). The molecule has 0 aliphatic carbocycles. The van der Waals surface area contributed by atoms with Crippen molar-refractivity contribution in [2.75, 3.05) is 49.2 Å². The highest BCUT2D eigenvalue weighted by atomic mass is 79.9. The number of esters is 1. The average Bonchev–Trinajstić information content (AvgIpc) is 4.08. The van der Waals surface area contributed by atoms with Crippen molar-refractivity contribution < 1.29 is 24.2 Å². The number of amides is 1. The number of carbonyl (C=O) groups is 2. The van der Waals surface area contributed by atoms with Crippen molar-refractivity contribution in [3.8, 4) is 11.4 Å². The van der Waals surface area contributed by atoms with Crippen molar-refractivity contribution in [3.05, 3.63) is 127 Å². The minimum atomic E-state index is -0.892. The van der Waals surface area contributed by atoms with Gasteiger partial charge in [-0.25, -0.2) is 29.5 Å². The zero-order valence-corrected chi connectivity index (χ0v) is 49.4. The fourth-order valence-corrected chi connectivity index (χ4v) is 12.6. The fourth-order valence-electron chi connectivity index (χ4n) is 11.2. The standard InChI is InChI=1S/C38H45BrN6O4.C22H27BrN4O/c1-22-16-28(39)17-23(2)33(22)45-20-24(3)32-34(41-25(4)42-35(32)45)44-14-12-26(13-15-44)21-48-36(46)31(43-37(47)49-38(5,6)7)18-27-19-40-30-11-9-8-10-29(27)30;1-13-9-18(23)10-14(2)20(13)27-11-15(3)19-21(24-16(4)25-22(19)27)26-7-5-17(12-28)6-8-26/h8-11,16-17,19-20,26,31,40H,12-15,18,21H2,1-7H3,(H,43,47);9-11,17,28H,5-8,12H2,1-4H3/t31-;/m0./s1. The van der Waals surface area contributed by atoms with E-state index in [9.17, 15) is 14.7 Å². The Balaban J connectivity index is 0.000000218. The normalized spacial score (nSPS) is 15.0. The van der Waals surface area contributed by atoms with E-state index in [1.807, 2.05) is 44.3 Å². The van der Waals surface area contributed by atoms with Crippen molar-refractivity contribution in [2.24, 2.45) is 11.8 Å². The Morgan fingerprint density at radius 1 is 0.701 bits per heavy atom. The molecule has 0 saturated carbocycles. The summed E-state index contributed by atoms with van der Waals surface area (Å²) in [5.41, 5.74) is 12.5. The van der Waals surface area contributed by atoms with Crippen LogP contribution < -0.4 is 15.1 Å². The van der Waals surface area contributed by atoms with Crippen LogP contribution in [0.25, 0.3) is 44.3 Å². The molecule has 1 amide bonds. The summed E-state index contributed by atoms with van der Waals surface area (Å²) in [6.45, 7) is 26.1. The summed E-state index contributed by atoms with van der Waals surface area (Å²) in [6, 6.07) is 15.6. The largest absolute Gasteiger partial charge is 0.464 e. The highest BCUT2D eigenvalue weighted by molar-refractivity contribution is 9.10. The van der Waals surface area contributed by atoms with Crippen molar-refractivity contribution in [3.63, 3.8) is 0 Å². The molecule has 77 heavy (non-hydrogen) atoms. The Bertz CT molecular complexity index is 3440. The second-order valence-corrected chi connectivity index (χ2v) is 24.0. The van der Waals surface area contributed by atoms with E-state index < -0.39 is 23.7 Å². The lowest BCUT2D eigenvalue weighted by Gasteiger charge is -2.33. The zero-order chi connectivity index (χ0) is 55.0. The third-order valence-electron chi connectivity index (χ3n) is 14.9. The SMILES string of the molecule is Cc1nc(N2CCC(CO)CC2)c2c(C)cn(-c3c(C)cc(Br)cc3C)c2n1.Cc1nc(N2CCC(COC(=O)[C@H](Cc3c[nH]c4ccccc34)NC(=O)OC(C)(C)C)CC2)c2c(C)cn(-c3c(C)cc(Br)cc3C)c2n1. The Hall–Kier alpha value is -6.30. The molecule has 2 saturated heterocycles. The van der Waals surface area contributed by atoms with Gasteiger partial charge in [-0.05, 0) is 183 Å². The minimum Gasteiger partial charge on any atom is -0.464 e. The van der Waals surface area contributed by atoms with Crippen LogP contribution in [0, 0.1) is 67.2 Å². The lowest BCUT2D eigenvalue weighted by atomic mass is 9.97. The number of aryl methyl sites for hydroxylation is 8. The predicted molar refractivity (Wildman–Crippen MR) is 314 cm³/mol. The molecule has 3 N–H and O–H groups in total. The predicted octanol–water partition coefficient (Wildman–Crippen LogP) is 12.4. The maximum Gasteiger partial charge on any atom is 0.408 e. The second kappa shape index (κ2) is 23.0. The number of nitrogens with one attached hydrogen (secondary N) is 2. The van der Waals surface area contributed by atoms with Crippen molar-refractivity contribution >= 4 is 88.5 Å². The lowest BCUT2D eigenvalue weighted by Crippen LogP contribution is -2.46. The molecule has 2 aliphatic heterocycles. The number of para-hydroxylation sites is 1. The highest BCUT2D eigenvalue weighted by Gasteiger charge is 2.31. The lowest BCUT2D eigenvalue weighted by molar-refractivity contribution is -0.147. The number of halogens is 2. The molecular formula is C60H72Br2N10O5. The first-order valence-electron chi connectivity index (χ1n) is 26.7. The van der Waals surface area contributed by atoms with E-state index in [0.717, 1.165) is 134 Å². The summed E-state index contributed by atoms with van der Waals surface area (Å²) in [4.78, 5) is 53.7. The number of rotatable bonds is 11. The third kappa shape index (κ3) is 12.2. The first-order valence-corrected chi connectivity index (χ1v) is 28.3. The number of H-pyrrole nitrogens is 1. The van der Waals surface area contributed by atoms with Gasteiger partial charge in [0, 0.05) is 77.6 Å². The van der Waals surface area contributed by atoms with Gasteiger partial charge >= 0.3 is 12.1 Å². The number of hydrogen-bond acceptors (Lipinski definition) is 11. The number of aromatic amines is 1. The van der Waals surface area contributed by atoms with Crippen LogP contribution in [0.3, 0.4) is 0 Å². The van der Waals surface area contributed by atoms with E-state index in [4.69, 9.17) is 29.4 Å². The summed E-state index contributed by atoms with van der Waals surface area (Å²) >= 11 is 7.23. The quantitative estimate of drug-likeness (QED) is 0.105. The van der Waals surface area contributed by atoms with E-state index >= 15 is 0 Å². The molecule has 0 unspecified atom stereocenters. The van der Waals surface area contributed by atoms with Gasteiger partial charge in [0.05, 0.1) is 28.8 Å². The van der Waals surface area contributed by atoms with Gasteiger partial charge in [-0.3, -0.25) is 0 Å². The van der Waals surface area contributed by atoms with Gasteiger partial charge in [-0.1, -0.05) is 50.1 Å². The number of anilines is 2. The second-order valence-electron chi connectivity index (χ2n) is 22.2. The molecule has 7 heterocycles. The van der Waals surface area contributed by atoms with Gasteiger partial charge in [0.1, 0.15) is 34.9 Å². The van der Waals surface area contributed by atoms with E-state index in [1.165, 1.54) is 33.5 Å². The minimum absolute atomic E-state index is 0.188. The van der Waals surface area contributed by atoms with Crippen molar-refractivity contribution in [1.29, 1.82) is 0 Å². The molecule has 2 aliphatic rings. The zero-order valence-electron chi connectivity index (χ0n) is 46.3. The first-order chi connectivity index (χ1) is 36.7. The van der Waals surface area contributed by atoms with Crippen LogP contribution in [0.1, 0.15) is 97.0 Å². The number of aliphatic hydroxyl groups excluding tert-OH is 1. The summed E-state index contributed by atoms with van der Waals surface area (Å²) in [6.07, 6.45) is 9.55. The monoisotopic (exact) mass is 1170 g/mol. The Morgan fingerprint density at radius 2 is 1.17 bits per heavy atom. The molecule has 406 valence electrons. The maximum atomic E-state index is 13.5. The first kappa shape index (κ1) is 55.5. The number of alkyl carbamates (subject to hydrolysis) is 1. The van der Waals surface area contributed by atoms with E-state index in [0.29, 0.717) is 5.92 Å². The van der Waals surface area contributed by atoms with Crippen LogP contribution in [-0.2, 0) is 20.7 Å². The van der Waals surface area contributed by atoms with Gasteiger partial charge in [-0.2, -0.15) is 0 Å². The number of hydrogen-bond donors (Lipinski definition) is 3. The van der Waals surface area contributed by atoms with Crippen LogP contribution in [0.2, 0.25) is 0 Å². The highest BCUT2D eigenvalue weighted by Crippen LogP contribution is 2.37. The number of aliphatic hydroxyl groups is 1. The molecule has 15 nitrogen and oxygen atoms in total. The molecular weight excluding hydrogens is 1100 g/mol. The summed E-state index contributed by atoms with van der Waals surface area (Å²) in [5, 5.41) is 15.4. The van der Waals surface area contributed by atoms with Gasteiger partial charge in [0.15, 0.2) is 11.3 Å².